The molecule has 2 heteroatoms. The molecule has 0 spiro atoms. The molecule has 0 aromatic carbocycles. The Bertz CT molecular complexity index is 6.00. The first-order chi connectivity index (χ1) is 1.00. The van der Waals surface area contributed by atoms with Gasteiger partial charge in [0, 0.05) is 0 Å². The van der Waals surface area contributed by atoms with E-state index in [2.05, 4.69) is 13.2 Å². The summed E-state index contributed by atoms with van der Waals surface area (Å²) >= 11 is 0. The van der Waals surface area contributed by atoms with Crippen LogP contribution in [-0.4, -0.2) is 0 Å². The van der Waals surface area contributed by atoms with E-state index in [1.165, 1.54) is 0 Å². The van der Waals surface area contributed by atoms with Crippen LogP contribution in [0.2, 0.25) is 0 Å². The van der Waals surface area contributed by atoms with Gasteiger partial charge in [-0.05, 0) is 0 Å². The Balaban J connectivity index is -0.00000000500. The molecular formula is C2H3BrEu. The topological polar surface area (TPSA) is 0 Å². The van der Waals surface area contributed by atoms with E-state index in [9.17, 15) is 0 Å². The third-order valence-corrected chi connectivity index (χ3v) is 0. The molecule has 0 bridgehead atoms. The summed E-state index contributed by atoms with van der Waals surface area (Å²) < 4.78 is 0. The average Bonchev–Trinajstić information content (AvgIpc) is 1.00. The van der Waals surface area contributed by atoms with Crippen LogP contribution in [0.3, 0.4) is 0 Å². The smallest absolute Gasteiger partial charge is 1.00 e. The molecule has 0 nitrogen and oxygen atoms in total. The van der Waals surface area contributed by atoms with Gasteiger partial charge in [-0.3, -0.25) is 6.58 Å². The van der Waals surface area contributed by atoms with Gasteiger partial charge >= 0.3 is 49.4 Å². The van der Waals surface area contributed by atoms with Crippen molar-refractivity contribution in [1.82, 2.24) is 0 Å². The number of hydrogen-bond donors (Lipinski definition) is 0. The van der Waals surface area contributed by atoms with Crippen LogP contribution < -0.4 is 17.0 Å². The van der Waals surface area contributed by atoms with E-state index in [1.807, 2.05) is 0 Å². The summed E-state index contributed by atoms with van der Waals surface area (Å²) in [5, 5.41) is 0. The Morgan fingerprint density at radius 1 is 1.25 bits per heavy atom. The number of rotatable bonds is 0. The maximum atomic E-state index is 4.25. The Morgan fingerprint density at radius 3 is 1.25 bits per heavy atom. The van der Waals surface area contributed by atoms with Gasteiger partial charge < -0.3 is 23.6 Å². The molecule has 0 saturated heterocycles. The van der Waals surface area contributed by atoms with Crippen LogP contribution in [0, 0.1) is 56.0 Å². The molecule has 0 rings (SSSR count). The van der Waals surface area contributed by atoms with E-state index < -0.39 is 0 Å². The summed E-state index contributed by atoms with van der Waals surface area (Å²) in [6, 6.07) is 0. The molecule has 0 heterocycles. The largest absolute Gasteiger partial charge is 2.00 e. The van der Waals surface area contributed by atoms with Gasteiger partial charge in [-0.2, -0.15) is 0 Å². The van der Waals surface area contributed by atoms with Crippen molar-refractivity contribution < 1.29 is 66.4 Å². The zero-order valence-corrected chi connectivity index (χ0v) is 6.05. The van der Waals surface area contributed by atoms with Crippen molar-refractivity contribution in [2.24, 2.45) is 0 Å². The molecule has 0 aliphatic heterocycles. The van der Waals surface area contributed by atoms with Crippen LogP contribution >= 0.6 is 0 Å². The SMILES string of the molecule is [Br-].[CH-]=C.[Eu+2]. The van der Waals surface area contributed by atoms with Gasteiger partial charge in [0.25, 0.3) is 0 Å². The van der Waals surface area contributed by atoms with Crippen molar-refractivity contribution in [2.45, 2.75) is 0 Å². The predicted octanol–water partition coefficient (Wildman–Crippen LogP) is -2.39. The van der Waals surface area contributed by atoms with E-state index in [4.69, 9.17) is 0 Å². The van der Waals surface area contributed by atoms with Gasteiger partial charge in [-0.1, -0.05) is 0 Å². The van der Waals surface area contributed by atoms with Crippen molar-refractivity contribution in [3.05, 3.63) is 13.2 Å². The predicted molar refractivity (Wildman–Crippen MR) is 9.93 cm³/mol. The Morgan fingerprint density at radius 2 is 1.25 bits per heavy atom. The molecule has 0 fully saturated rings. The maximum absolute atomic E-state index is 4.25. The second-order valence-electron chi connectivity index (χ2n) is 0. The fraction of sp³-hybridized carbons (Fsp3) is 0. The molecule has 0 saturated carbocycles. The first kappa shape index (κ1) is 17.0. The fourth-order valence-corrected chi connectivity index (χ4v) is 0. The minimum atomic E-state index is 0. The molecule has 1 radical (unpaired) electrons. The third kappa shape index (κ3) is 9.19. The first-order valence-corrected chi connectivity index (χ1v) is 0.408. The van der Waals surface area contributed by atoms with Gasteiger partial charge in [0.1, 0.15) is 0 Å². The molecule has 0 unspecified atom stereocenters. The quantitative estimate of drug-likeness (QED) is 0.426. The van der Waals surface area contributed by atoms with E-state index in [0.29, 0.717) is 0 Å². The summed E-state index contributed by atoms with van der Waals surface area (Å²) in [6.45, 7) is 7.00. The number of hydrogen-bond acceptors (Lipinski definition) is 0. The molecule has 25 valence electrons. The standard InChI is InChI=1S/C2H3.BrH.Eu/c1-2;;/h1H,2H2;1H;/q-1;;+2/p-1. The fourth-order valence-electron chi connectivity index (χ4n) is 0. The van der Waals surface area contributed by atoms with Gasteiger partial charge in [0.2, 0.25) is 0 Å². The summed E-state index contributed by atoms with van der Waals surface area (Å²) in [6.07, 6.45) is 0. The summed E-state index contributed by atoms with van der Waals surface area (Å²) in [5.74, 6) is 0. The van der Waals surface area contributed by atoms with E-state index in [-0.39, 0.29) is 66.4 Å². The minimum Gasteiger partial charge on any atom is -1.00 e. The molecule has 4 heavy (non-hydrogen) atoms. The summed E-state index contributed by atoms with van der Waals surface area (Å²) in [4.78, 5) is 0. The second-order valence-corrected chi connectivity index (χ2v) is 0. The van der Waals surface area contributed by atoms with Gasteiger partial charge in [0.15, 0.2) is 0 Å². The first-order valence-electron chi connectivity index (χ1n) is 0.408. The maximum Gasteiger partial charge on any atom is 2.00 e. The molecule has 0 aliphatic rings. The third-order valence-electron chi connectivity index (χ3n) is 0. The van der Waals surface area contributed by atoms with Crippen LogP contribution in [0.1, 0.15) is 0 Å². The molecule has 0 N–H and O–H groups in total. The average molecular weight is 259 g/mol. The Labute approximate surface area is 78.0 Å². The zero-order chi connectivity index (χ0) is 2.00. The van der Waals surface area contributed by atoms with E-state index in [1.54, 1.807) is 0 Å². The van der Waals surface area contributed by atoms with Crippen molar-refractivity contribution in [3.8, 4) is 0 Å². The van der Waals surface area contributed by atoms with Crippen molar-refractivity contribution in [3.63, 3.8) is 0 Å². The molecule has 0 aromatic rings. The summed E-state index contributed by atoms with van der Waals surface area (Å²) in [7, 11) is 0. The van der Waals surface area contributed by atoms with Gasteiger partial charge in [-0.15, -0.1) is 0 Å². The Hall–Kier alpha value is 1.80. The van der Waals surface area contributed by atoms with Gasteiger partial charge in [-0.25, -0.2) is 0 Å². The molecule has 0 amide bonds. The molecule has 0 atom stereocenters. The normalized spacial score (nSPS) is 1.00. The monoisotopic (exact) mass is 259 g/mol. The van der Waals surface area contributed by atoms with E-state index >= 15 is 0 Å². The van der Waals surface area contributed by atoms with Crippen LogP contribution in [0.4, 0.5) is 0 Å². The minimum absolute atomic E-state index is 0. The second kappa shape index (κ2) is 21.4. The van der Waals surface area contributed by atoms with Crippen LogP contribution in [0.25, 0.3) is 0 Å². The number of halogens is 1. The summed E-state index contributed by atoms with van der Waals surface area (Å²) in [5.41, 5.74) is 0. The van der Waals surface area contributed by atoms with Crippen LogP contribution in [0.5, 0.6) is 0 Å². The Kier molecular flexibility index (Phi) is 91.0. The molecule has 0 aromatic heterocycles. The van der Waals surface area contributed by atoms with E-state index in [0.717, 1.165) is 0 Å². The van der Waals surface area contributed by atoms with Crippen molar-refractivity contribution in [1.29, 1.82) is 0 Å². The molecular weight excluding hydrogens is 256 g/mol. The van der Waals surface area contributed by atoms with Gasteiger partial charge in [0.05, 0.1) is 0 Å². The van der Waals surface area contributed by atoms with Crippen LogP contribution in [-0.2, 0) is 0 Å². The van der Waals surface area contributed by atoms with Crippen molar-refractivity contribution in [2.75, 3.05) is 0 Å². The van der Waals surface area contributed by atoms with Crippen LogP contribution in [0.15, 0.2) is 6.58 Å². The molecule has 0 aliphatic carbocycles. The zero-order valence-electron chi connectivity index (χ0n) is 2.04. The van der Waals surface area contributed by atoms with Crippen molar-refractivity contribution >= 4 is 0 Å².